The lowest BCUT2D eigenvalue weighted by molar-refractivity contribution is 0.194. The molecule has 1 unspecified atom stereocenters. The van der Waals surface area contributed by atoms with E-state index in [4.69, 9.17) is 16.7 Å². The van der Waals surface area contributed by atoms with Gasteiger partial charge in [-0.2, -0.15) is 0 Å². The second-order valence-corrected chi connectivity index (χ2v) is 2.77. The zero-order valence-corrected chi connectivity index (χ0v) is 6.91. The second kappa shape index (κ2) is 3.64. The number of aliphatic hydroxyl groups is 1. The second-order valence-electron chi connectivity index (χ2n) is 2.39. The van der Waals surface area contributed by atoms with Crippen LogP contribution in [0.5, 0.6) is 0 Å². The summed E-state index contributed by atoms with van der Waals surface area (Å²) >= 11 is 5.60. The van der Waals surface area contributed by atoms with Crippen molar-refractivity contribution in [3.63, 3.8) is 0 Å². The van der Waals surface area contributed by atoms with Crippen molar-refractivity contribution in [1.82, 2.24) is 9.97 Å². The van der Waals surface area contributed by atoms with Crippen molar-refractivity contribution in [3.8, 4) is 0 Å². The van der Waals surface area contributed by atoms with Crippen LogP contribution in [0, 0.1) is 0 Å². The van der Waals surface area contributed by atoms with Crippen molar-refractivity contribution in [2.24, 2.45) is 0 Å². The van der Waals surface area contributed by atoms with Crippen LogP contribution in [-0.4, -0.2) is 21.2 Å². The average Bonchev–Trinajstić information content (AvgIpc) is 1.85. The lowest BCUT2D eigenvalue weighted by Gasteiger charge is -2.01. The summed E-state index contributed by atoms with van der Waals surface area (Å²) in [6, 6.07) is 1.65. The van der Waals surface area contributed by atoms with Crippen LogP contribution >= 0.6 is 11.6 Å². The van der Waals surface area contributed by atoms with Crippen LogP contribution in [0.15, 0.2) is 12.4 Å². The van der Waals surface area contributed by atoms with Gasteiger partial charge in [0.25, 0.3) is 0 Å². The zero-order valence-electron chi connectivity index (χ0n) is 6.16. The van der Waals surface area contributed by atoms with Gasteiger partial charge in [0, 0.05) is 12.1 Å². The minimum Gasteiger partial charge on any atom is -0.393 e. The van der Waals surface area contributed by atoms with Crippen molar-refractivity contribution in [1.29, 1.82) is 0 Å². The summed E-state index contributed by atoms with van der Waals surface area (Å²) < 4.78 is 0. The Balaban J connectivity index is 2.71. The lowest BCUT2D eigenvalue weighted by atomic mass is 10.2. The maximum Gasteiger partial charge on any atom is 0.132 e. The first-order chi connectivity index (χ1) is 5.18. The van der Waals surface area contributed by atoms with E-state index in [0.717, 1.165) is 5.69 Å². The molecule has 0 bridgehead atoms. The first-order valence-electron chi connectivity index (χ1n) is 3.33. The third-order valence-corrected chi connectivity index (χ3v) is 1.40. The van der Waals surface area contributed by atoms with Crippen LogP contribution in [0.4, 0.5) is 0 Å². The van der Waals surface area contributed by atoms with Gasteiger partial charge in [-0.15, -0.1) is 0 Å². The number of aromatic nitrogens is 2. The molecular weight excluding hydrogens is 164 g/mol. The van der Waals surface area contributed by atoms with Gasteiger partial charge in [-0.05, 0) is 13.0 Å². The average molecular weight is 173 g/mol. The molecule has 0 amide bonds. The summed E-state index contributed by atoms with van der Waals surface area (Å²) in [5, 5.41) is 9.41. The predicted molar refractivity (Wildman–Crippen MR) is 42.4 cm³/mol. The standard InChI is InChI=1S/C7H9ClN2O/c1-5(11)2-6-3-7(8)10-4-9-6/h3-5,11H,2H2,1H3. The molecule has 1 aromatic heterocycles. The highest BCUT2D eigenvalue weighted by molar-refractivity contribution is 6.29. The Hall–Kier alpha value is -0.670. The fourth-order valence-corrected chi connectivity index (χ4v) is 0.954. The molecule has 0 radical (unpaired) electrons. The molecule has 1 atom stereocenters. The van der Waals surface area contributed by atoms with Gasteiger partial charge >= 0.3 is 0 Å². The molecule has 1 N–H and O–H groups in total. The molecule has 0 aliphatic carbocycles. The highest BCUT2D eigenvalue weighted by atomic mass is 35.5. The molecule has 0 fully saturated rings. The van der Waals surface area contributed by atoms with E-state index in [1.807, 2.05) is 0 Å². The van der Waals surface area contributed by atoms with E-state index < -0.39 is 0 Å². The summed E-state index contributed by atoms with van der Waals surface area (Å²) in [6.45, 7) is 1.70. The third-order valence-electron chi connectivity index (χ3n) is 1.19. The Morgan fingerprint density at radius 2 is 2.36 bits per heavy atom. The topological polar surface area (TPSA) is 46.0 Å². The van der Waals surface area contributed by atoms with Crippen molar-refractivity contribution in [2.45, 2.75) is 19.4 Å². The maximum atomic E-state index is 8.99. The van der Waals surface area contributed by atoms with Crippen LogP contribution in [0.3, 0.4) is 0 Å². The van der Waals surface area contributed by atoms with E-state index in [2.05, 4.69) is 9.97 Å². The van der Waals surface area contributed by atoms with Crippen LogP contribution in [0.1, 0.15) is 12.6 Å². The Morgan fingerprint density at radius 3 is 2.91 bits per heavy atom. The molecular formula is C7H9ClN2O. The number of aliphatic hydroxyl groups excluding tert-OH is 1. The van der Waals surface area contributed by atoms with Crippen molar-refractivity contribution < 1.29 is 5.11 Å². The Bertz CT molecular complexity index is 240. The maximum absolute atomic E-state index is 8.99. The van der Waals surface area contributed by atoms with Gasteiger partial charge in [-0.3, -0.25) is 0 Å². The summed E-state index contributed by atoms with van der Waals surface area (Å²) in [7, 11) is 0. The Morgan fingerprint density at radius 1 is 1.64 bits per heavy atom. The van der Waals surface area contributed by atoms with Gasteiger partial charge in [-0.25, -0.2) is 9.97 Å². The largest absolute Gasteiger partial charge is 0.393 e. The molecule has 3 nitrogen and oxygen atoms in total. The molecule has 1 aromatic rings. The molecule has 0 aromatic carbocycles. The van der Waals surface area contributed by atoms with Gasteiger partial charge in [0.05, 0.1) is 6.10 Å². The molecule has 4 heteroatoms. The number of hydrogen-bond acceptors (Lipinski definition) is 3. The van der Waals surface area contributed by atoms with Crippen LogP contribution in [0.2, 0.25) is 5.15 Å². The van der Waals surface area contributed by atoms with Gasteiger partial charge in [0.15, 0.2) is 0 Å². The van der Waals surface area contributed by atoms with Gasteiger partial charge in [0.1, 0.15) is 11.5 Å². The molecule has 0 saturated heterocycles. The van der Waals surface area contributed by atoms with E-state index >= 15 is 0 Å². The summed E-state index contributed by atoms with van der Waals surface area (Å²) in [4.78, 5) is 7.64. The van der Waals surface area contributed by atoms with E-state index in [0.29, 0.717) is 11.6 Å². The quantitative estimate of drug-likeness (QED) is 0.679. The number of rotatable bonds is 2. The normalized spacial score (nSPS) is 13.0. The van der Waals surface area contributed by atoms with Crippen molar-refractivity contribution in [2.75, 3.05) is 0 Å². The Kier molecular flexibility index (Phi) is 2.79. The molecule has 1 heterocycles. The van der Waals surface area contributed by atoms with Crippen LogP contribution in [0.25, 0.3) is 0 Å². The number of nitrogens with zero attached hydrogens (tertiary/aromatic N) is 2. The van der Waals surface area contributed by atoms with E-state index in [1.165, 1.54) is 6.33 Å². The van der Waals surface area contributed by atoms with Crippen LogP contribution in [-0.2, 0) is 6.42 Å². The first kappa shape index (κ1) is 8.43. The molecule has 11 heavy (non-hydrogen) atoms. The number of hydrogen-bond donors (Lipinski definition) is 1. The fraction of sp³-hybridized carbons (Fsp3) is 0.429. The summed E-state index contributed by atoms with van der Waals surface area (Å²) in [5.41, 5.74) is 0.764. The molecule has 0 spiro atoms. The minimum absolute atomic E-state index is 0.388. The molecule has 0 aliphatic heterocycles. The first-order valence-corrected chi connectivity index (χ1v) is 3.71. The minimum atomic E-state index is -0.388. The lowest BCUT2D eigenvalue weighted by Crippen LogP contribution is -2.05. The van der Waals surface area contributed by atoms with Gasteiger partial charge < -0.3 is 5.11 Å². The molecule has 60 valence electrons. The fourth-order valence-electron chi connectivity index (χ4n) is 0.784. The molecule has 1 rings (SSSR count). The van der Waals surface area contributed by atoms with Gasteiger partial charge in [-0.1, -0.05) is 11.6 Å². The highest BCUT2D eigenvalue weighted by Crippen LogP contribution is 2.05. The zero-order chi connectivity index (χ0) is 8.27. The van der Waals surface area contributed by atoms with Crippen LogP contribution < -0.4 is 0 Å². The van der Waals surface area contributed by atoms with E-state index in [1.54, 1.807) is 13.0 Å². The SMILES string of the molecule is CC(O)Cc1cc(Cl)ncn1. The Labute approximate surface area is 70.1 Å². The van der Waals surface area contributed by atoms with Gasteiger partial charge in [0.2, 0.25) is 0 Å². The van der Waals surface area contributed by atoms with Crippen molar-refractivity contribution >= 4 is 11.6 Å². The molecule has 0 saturated carbocycles. The number of halogens is 1. The van der Waals surface area contributed by atoms with E-state index in [9.17, 15) is 0 Å². The predicted octanol–water partition coefficient (Wildman–Crippen LogP) is 1.05. The smallest absolute Gasteiger partial charge is 0.132 e. The summed E-state index contributed by atoms with van der Waals surface area (Å²) in [5.74, 6) is 0. The highest BCUT2D eigenvalue weighted by Gasteiger charge is 2.00. The molecule has 0 aliphatic rings. The van der Waals surface area contributed by atoms with Crippen molar-refractivity contribution in [3.05, 3.63) is 23.2 Å². The third kappa shape index (κ3) is 2.82. The summed E-state index contributed by atoms with van der Waals surface area (Å²) in [6.07, 6.45) is 1.52. The monoisotopic (exact) mass is 172 g/mol. The van der Waals surface area contributed by atoms with E-state index in [-0.39, 0.29) is 6.10 Å².